The molecule has 0 radical (unpaired) electrons. The number of aromatic nitrogens is 5. The second-order valence-corrected chi connectivity index (χ2v) is 7.52. The highest BCUT2D eigenvalue weighted by atomic mass is 19.4. The van der Waals surface area contributed by atoms with Crippen molar-refractivity contribution in [3.8, 4) is 11.5 Å². The summed E-state index contributed by atoms with van der Waals surface area (Å²) < 4.78 is 46.4. The van der Waals surface area contributed by atoms with Crippen LogP contribution in [0.1, 0.15) is 54.5 Å². The molecule has 1 aliphatic carbocycles. The highest BCUT2D eigenvalue weighted by Gasteiger charge is 2.49. The Balaban J connectivity index is 1.70. The van der Waals surface area contributed by atoms with Gasteiger partial charge in [0.25, 0.3) is 5.91 Å². The molecule has 1 saturated carbocycles. The highest BCUT2D eigenvalue weighted by Crippen LogP contribution is 2.40. The van der Waals surface area contributed by atoms with Crippen LogP contribution < -0.4 is 5.32 Å². The Morgan fingerprint density at radius 1 is 1.31 bits per heavy atom. The maximum absolute atomic E-state index is 13.3. The van der Waals surface area contributed by atoms with Crippen molar-refractivity contribution in [2.24, 2.45) is 5.92 Å². The van der Waals surface area contributed by atoms with Crippen molar-refractivity contribution >= 4 is 11.6 Å². The van der Waals surface area contributed by atoms with Crippen LogP contribution in [0.4, 0.5) is 13.2 Å². The van der Waals surface area contributed by atoms with Crippen LogP contribution in [-0.2, 0) is 0 Å². The summed E-state index contributed by atoms with van der Waals surface area (Å²) in [5, 5.41) is 10.1. The Morgan fingerprint density at radius 2 is 2.03 bits per heavy atom. The zero-order valence-corrected chi connectivity index (χ0v) is 16.0. The number of nitrogens with one attached hydrogen (secondary N) is 1. The van der Waals surface area contributed by atoms with Gasteiger partial charge in [0.15, 0.2) is 5.65 Å². The van der Waals surface area contributed by atoms with Crippen molar-refractivity contribution in [2.75, 3.05) is 0 Å². The van der Waals surface area contributed by atoms with E-state index in [4.69, 9.17) is 4.52 Å². The fourth-order valence-electron chi connectivity index (χ4n) is 3.08. The average molecular weight is 408 g/mol. The number of amides is 1. The summed E-state index contributed by atoms with van der Waals surface area (Å²) >= 11 is 0. The number of fused-ring (bicyclic) bond motifs is 1. The van der Waals surface area contributed by atoms with Gasteiger partial charge in [0.05, 0.1) is 6.20 Å². The summed E-state index contributed by atoms with van der Waals surface area (Å²) in [6.07, 6.45) is -2.41. The molecule has 0 aliphatic heterocycles. The summed E-state index contributed by atoms with van der Waals surface area (Å²) in [6.45, 7) is 5.53. The van der Waals surface area contributed by atoms with Gasteiger partial charge in [0, 0.05) is 11.6 Å². The van der Waals surface area contributed by atoms with E-state index in [9.17, 15) is 18.0 Å². The molecule has 11 heteroatoms. The average Bonchev–Trinajstić information content (AvgIpc) is 3.17. The lowest BCUT2D eigenvalue weighted by molar-refractivity contribution is -0.158. The van der Waals surface area contributed by atoms with Crippen LogP contribution in [0.25, 0.3) is 17.2 Å². The summed E-state index contributed by atoms with van der Waals surface area (Å²) in [5.41, 5.74) is 1.05. The van der Waals surface area contributed by atoms with Gasteiger partial charge in [-0.05, 0) is 31.7 Å². The molecule has 8 nitrogen and oxygen atoms in total. The zero-order chi connectivity index (χ0) is 20.9. The highest BCUT2D eigenvalue weighted by molar-refractivity contribution is 6.00. The van der Waals surface area contributed by atoms with Crippen molar-refractivity contribution in [1.82, 2.24) is 30.1 Å². The van der Waals surface area contributed by atoms with E-state index >= 15 is 0 Å². The van der Waals surface area contributed by atoms with Crippen molar-refractivity contribution in [2.45, 2.75) is 51.7 Å². The van der Waals surface area contributed by atoms with Gasteiger partial charge in [-0.1, -0.05) is 19.0 Å². The van der Waals surface area contributed by atoms with E-state index in [0.717, 1.165) is 0 Å². The first-order chi connectivity index (χ1) is 13.6. The van der Waals surface area contributed by atoms with E-state index in [0.29, 0.717) is 30.1 Å². The minimum Gasteiger partial charge on any atom is -0.340 e. The maximum Gasteiger partial charge on any atom is 0.408 e. The van der Waals surface area contributed by atoms with E-state index < -0.39 is 24.0 Å². The van der Waals surface area contributed by atoms with Crippen LogP contribution in [0.2, 0.25) is 0 Å². The Kier molecular flexibility index (Phi) is 4.55. The first-order valence-electron chi connectivity index (χ1n) is 9.22. The van der Waals surface area contributed by atoms with Crippen molar-refractivity contribution in [3.63, 3.8) is 0 Å². The standard InChI is InChI=1S/C18H19F3N6O2/c1-8(2)17-25-14(26-29-17)12-6-9(3)27-15(23-12)11(7-22-27)16(28)24-13(10-4-5-10)18(19,20)21/h6-8,10,13H,4-5H2,1-3H3,(H,24,28)/t13-/m0/s1. The van der Waals surface area contributed by atoms with Crippen LogP contribution in [0.15, 0.2) is 16.8 Å². The number of rotatable bonds is 5. The molecule has 1 N–H and O–H groups in total. The maximum atomic E-state index is 13.3. The molecular formula is C18H19F3N6O2. The fraction of sp³-hybridized carbons (Fsp3) is 0.500. The smallest absolute Gasteiger partial charge is 0.340 e. The van der Waals surface area contributed by atoms with Crippen LogP contribution in [-0.4, -0.2) is 42.9 Å². The van der Waals surface area contributed by atoms with Gasteiger partial charge < -0.3 is 9.84 Å². The summed E-state index contributed by atoms with van der Waals surface area (Å²) in [4.78, 5) is 21.3. The quantitative estimate of drug-likeness (QED) is 0.696. The van der Waals surface area contributed by atoms with E-state index in [1.165, 1.54) is 10.7 Å². The van der Waals surface area contributed by atoms with E-state index in [2.05, 4.69) is 25.5 Å². The Bertz CT molecular complexity index is 1070. The van der Waals surface area contributed by atoms with Gasteiger partial charge in [-0.3, -0.25) is 4.79 Å². The SMILES string of the molecule is Cc1cc(-c2noc(C(C)C)n2)nc2c(C(=O)N[C@@H](C3CC3)C(F)(F)F)cnn12. The molecule has 3 heterocycles. The zero-order valence-electron chi connectivity index (χ0n) is 16.0. The van der Waals surface area contributed by atoms with E-state index in [-0.39, 0.29) is 23.0 Å². The molecule has 1 atom stereocenters. The number of halogens is 3. The molecule has 1 aliphatic rings. The second-order valence-electron chi connectivity index (χ2n) is 7.52. The van der Waals surface area contributed by atoms with Crippen LogP contribution >= 0.6 is 0 Å². The monoisotopic (exact) mass is 408 g/mol. The fourth-order valence-corrected chi connectivity index (χ4v) is 3.08. The van der Waals surface area contributed by atoms with E-state index in [1.54, 1.807) is 13.0 Å². The lowest BCUT2D eigenvalue weighted by Gasteiger charge is -2.20. The number of hydrogen-bond donors (Lipinski definition) is 1. The first kappa shape index (κ1) is 19.3. The summed E-state index contributed by atoms with van der Waals surface area (Å²) in [7, 11) is 0. The predicted molar refractivity (Wildman–Crippen MR) is 95.1 cm³/mol. The summed E-state index contributed by atoms with van der Waals surface area (Å²) in [5.74, 6) is -0.755. The minimum atomic E-state index is -4.51. The van der Waals surface area contributed by atoms with E-state index in [1.807, 2.05) is 13.8 Å². The van der Waals surface area contributed by atoms with Crippen molar-refractivity contribution in [1.29, 1.82) is 0 Å². The van der Waals surface area contributed by atoms with Gasteiger partial charge in [0.1, 0.15) is 17.3 Å². The lowest BCUT2D eigenvalue weighted by atomic mass is 10.1. The third-order valence-corrected chi connectivity index (χ3v) is 4.79. The van der Waals surface area contributed by atoms with Gasteiger partial charge in [0.2, 0.25) is 11.7 Å². The minimum absolute atomic E-state index is 0.0270. The molecule has 0 bridgehead atoms. The number of carbonyl (C=O) groups excluding carboxylic acids is 1. The molecule has 0 saturated heterocycles. The summed E-state index contributed by atoms with van der Waals surface area (Å²) in [6, 6.07) is -0.209. The van der Waals surface area contributed by atoms with Crippen LogP contribution in [0.5, 0.6) is 0 Å². The number of alkyl halides is 3. The van der Waals surface area contributed by atoms with Crippen LogP contribution in [0.3, 0.4) is 0 Å². The molecule has 1 fully saturated rings. The largest absolute Gasteiger partial charge is 0.408 e. The number of nitrogens with zero attached hydrogens (tertiary/aromatic N) is 5. The van der Waals surface area contributed by atoms with Gasteiger partial charge >= 0.3 is 6.18 Å². The number of carbonyl (C=O) groups is 1. The van der Waals surface area contributed by atoms with Crippen molar-refractivity contribution in [3.05, 3.63) is 29.4 Å². The Hall–Kier alpha value is -2.98. The van der Waals surface area contributed by atoms with Gasteiger partial charge in [-0.2, -0.15) is 23.3 Å². The topological polar surface area (TPSA) is 98.2 Å². The molecule has 3 aromatic heterocycles. The number of hydrogen-bond acceptors (Lipinski definition) is 6. The third-order valence-electron chi connectivity index (χ3n) is 4.79. The predicted octanol–water partition coefficient (Wildman–Crippen LogP) is 3.28. The van der Waals surface area contributed by atoms with Gasteiger partial charge in [-0.25, -0.2) is 9.50 Å². The normalized spacial score (nSPS) is 15.8. The molecule has 1 amide bonds. The van der Waals surface area contributed by atoms with Crippen LogP contribution in [0, 0.1) is 12.8 Å². The lowest BCUT2D eigenvalue weighted by Crippen LogP contribution is -2.46. The number of aryl methyl sites for hydroxylation is 1. The Morgan fingerprint density at radius 3 is 2.62 bits per heavy atom. The molecule has 0 spiro atoms. The molecule has 0 unspecified atom stereocenters. The molecule has 154 valence electrons. The molecule has 3 aromatic rings. The molecule has 4 rings (SSSR count). The van der Waals surface area contributed by atoms with Gasteiger partial charge in [-0.15, -0.1) is 0 Å². The molecule has 0 aromatic carbocycles. The first-order valence-corrected chi connectivity index (χ1v) is 9.22. The molecular weight excluding hydrogens is 389 g/mol. The second kappa shape index (κ2) is 6.82. The third kappa shape index (κ3) is 3.68. The molecule has 29 heavy (non-hydrogen) atoms. The Labute approximate surface area is 163 Å². The van der Waals surface area contributed by atoms with Crippen molar-refractivity contribution < 1.29 is 22.5 Å².